The van der Waals surface area contributed by atoms with E-state index in [0.717, 1.165) is 11.1 Å². The molecular weight excluding hydrogens is 428 g/mol. The molecular formula is C33H22O2. The first-order chi connectivity index (χ1) is 17.2. The molecule has 0 radical (unpaired) electrons. The van der Waals surface area contributed by atoms with Crippen molar-refractivity contribution in [2.75, 3.05) is 0 Å². The summed E-state index contributed by atoms with van der Waals surface area (Å²) in [5.41, 5.74) is 6.46. The minimum Gasteiger partial charge on any atom is -0.508 e. The predicted octanol–water partition coefficient (Wildman–Crippen LogP) is 7.77. The van der Waals surface area contributed by atoms with Gasteiger partial charge < -0.3 is 10.2 Å². The Kier molecular flexibility index (Phi) is 4.10. The second-order valence-electron chi connectivity index (χ2n) is 9.26. The van der Waals surface area contributed by atoms with Gasteiger partial charge in [-0.25, -0.2) is 0 Å². The summed E-state index contributed by atoms with van der Waals surface area (Å²) in [7, 11) is 0. The van der Waals surface area contributed by atoms with Crippen LogP contribution in [0.2, 0.25) is 0 Å². The van der Waals surface area contributed by atoms with E-state index in [1.54, 1.807) is 24.3 Å². The Hall–Kier alpha value is -4.56. The van der Waals surface area contributed by atoms with Crippen molar-refractivity contribution in [3.05, 3.63) is 144 Å². The summed E-state index contributed by atoms with van der Waals surface area (Å²) in [6, 6.07) is 41.2. The number of fused-ring (bicyclic) bond motifs is 7. The highest BCUT2D eigenvalue weighted by molar-refractivity contribution is 6.12. The second-order valence-corrected chi connectivity index (χ2v) is 9.26. The van der Waals surface area contributed by atoms with Crippen molar-refractivity contribution in [3.63, 3.8) is 0 Å². The predicted molar refractivity (Wildman–Crippen MR) is 142 cm³/mol. The molecule has 0 spiro atoms. The molecule has 2 heteroatoms. The van der Waals surface area contributed by atoms with E-state index in [1.165, 1.54) is 43.8 Å². The Bertz CT molecular complexity index is 1610. The monoisotopic (exact) mass is 450 g/mol. The van der Waals surface area contributed by atoms with Crippen LogP contribution in [0.3, 0.4) is 0 Å². The Labute approximate surface area is 203 Å². The summed E-state index contributed by atoms with van der Waals surface area (Å²) in [4.78, 5) is 0. The molecule has 1 aliphatic carbocycles. The Morgan fingerprint density at radius 2 is 0.800 bits per heavy atom. The Morgan fingerprint density at radius 3 is 1.23 bits per heavy atom. The zero-order valence-corrected chi connectivity index (χ0v) is 18.9. The van der Waals surface area contributed by atoms with Crippen molar-refractivity contribution in [1.29, 1.82) is 0 Å². The third-order valence-electron chi connectivity index (χ3n) is 7.52. The van der Waals surface area contributed by atoms with Crippen LogP contribution in [0.25, 0.3) is 32.7 Å². The first-order valence-electron chi connectivity index (χ1n) is 11.8. The lowest BCUT2D eigenvalue weighted by molar-refractivity contribution is 0.475. The maximum atomic E-state index is 10.1. The van der Waals surface area contributed by atoms with Crippen LogP contribution in [-0.4, -0.2) is 10.2 Å². The molecule has 0 unspecified atom stereocenters. The fourth-order valence-corrected chi connectivity index (χ4v) is 6.06. The summed E-state index contributed by atoms with van der Waals surface area (Å²) in [5, 5.41) is 25.1. The van der Waals surface area contributed by atoms with Crippen LogP contribution in [-0.2, 0) is 5.41 Å². The fourth-order valence-electron chi connectivity index (χ4n) is 6.06. The largest absolute Gasteiger partial charge is 0.508 e. The summed E-state index contributed by atoms with van der Waals surface area (Å²) in [5.74, 6) is 0.482. The van der Waals surface area contributed by atoms with Crippen molar-refractivity contribution < 1.29 is 10.2 Å². The van der Waals surface area contributed by atoms with E-state index in [-0.39, 0.29) is 11.5 Å². The van der Waals surface area contributed by atoms with Gasteiger partial charge >= 0.3 is 0 Å². The van der Waals surface area contributed by atoms with Crippen molar-refractivity contribution in [2.45, 2.75) is 5.41 Å². The lowest BCUT2D eigenvalue weighted by Crippen LogP contribution is -2.28. The zero-order valence-electron chi connectivity index (χ0n) is 18.9. The Balaban J connectivity index is 1.74. The van der Waals surface area contributed by atoms with Gasteiger partial charge in [-0.3, -0.25) is 0 Å². The highest BCUT2D eigenvalue weighted by Crippen LogP contribution is 2.59. The van der Waals surface area contributed by atoms with E-state index in [2.05, 4.69) is 72.8 Å². The van der Waals surface area contributed by atoms with Gasteiger partial charge in [-0.2, -0.15) is 0 Å². The number of phenols is 2. The molecule has 0 saturated carbocycles. The number of rotatable bonds is 2. The molecule has 0 atom stereocenters. The van der Waals surface area contributed by atoms with E-state index in [4.69, 9.17) is 0 Å². The van der Waals surface area contributed by atoms with E-state index < -0.39 is 5.41 Å². The quantitative estimate of drug-likeness (QED) is 0.282. The summed E-state index contributed by atoms with van der Waals surface area (Å²) in [6.45, 7) is 0. The number of phenolic OH excluding ortho intramolecular Hbond substituents is 2. The normalized spacial score (nSPS) is 13.6. The van der Waals surface area contributed by atoms with Gasteiger partial charge in [-0.15, -0.1) is 0 Å². The smallest absolute Gasteiger partial charge is 0.115 e. The number of hydrogen-bond acceptors (Lipinski definition) is 2. The molecule has 0 fully saturated rings. The van der Waals surface area contributed by atoms with Gasteiger partial charge in [-0.05, 0) is 79.2 Å². The zero-order chi connectivity index (χ0) is 23.6. The van der Waals surface area contributed by atoms with Crippen LogP contribution in [0, 0.1) is 0 Å². The third kappa shape index (κ3) is 2.65. The fraction of sp³-hybridized carbons (Fsp3) is 0.0303. The van der Waals surface area contributed by atoms with Crippen LogP contribution in [0.5, 0.6) is 11.5 Å². The second kappa shape index (κ2) is 7.22. The molecule has 0 saturated heterocycles. The van der Waals surface area contributed by atoms with Gasteiger partial charge in [0.25, 0.3) is 0 Å². The average molecular weight is 451 g/mol. The van der Waals surface area contributed by atoms with Crippen LogP contribution < -0.4 is 0 Å². The maximum absolute atomic E-state index is 10.1. The van der Waals surface area contributed by atoms with Crippen LogP contribution in [0.1, 0.15) is 22.3 Å². The minimum atomic E-state index is -0.597. The third-order valence-corrected chi connectivity index (χ3v) is 7.52. The maximum Gasteiger partial charge on any atom is 0.115 e. The van der Waals surface area contributed by atoms with E-state index in [1.807, 2.05) is 24.3 Å². The van der Waals surface area contributed by atoms with Crippen LogP contribution >= 0.6 is 0 Å². The number of benzene rings is 6. The molecule has 7 rings (SSSR count). The molecule has 2 N–H and O–H groups in total. The molecule has 35 heavy (non-hydrogen) atoms. The number of aromatic hydroxyl groups is 2. The van der Waals surface area contributed by atoms with Gasteiger partial charge in [-0.1, -0.05) is 97.1 Å². The first-order valence-corrected chi connectivity index (χ1v) is 11.8. The molecule has 6 aromatic carbocycles. The minimum absolute atomic E-state index is 0.241. The van der Waals surface area contributed by atoms with Gasteiger partial charge in [0, 0.05) is 0 Å². The highest BCUT2D eigenvalue weighted by atomic mass is 16.3. The molecule has 2 nitrogen and oxygen atoms in total. The van der Waals surface area contributed by atoms with Crippen LogP contribution in [0.4, 0.5) is 0 Å². The molecule has 1 aliphatic rings. The topological polar surface area (TPSA) is 40.5 Å². The van der Waals surface area contributed by atoms with Crippen molar-refractivity contribution in [3.8, 4) is 22.6 Å². The summed E-state index contributed by atoms with van der Waals surface area (Å²) < 4.78 is 0. The highest BCUT2D eigenvalue weighted by Gasteiger charge is 2.47. The average Bonchev–Trinajstić information content (AvgIpc) is 3.21. The number of hydrogen-bond donors (Lipinski definition) is 2. The van der Waals surface area contributed by atoms with Gasteiger partial charge in [0.1, 0.15) is 11.5 Å². The van der Waals surface area contributed by atoms with Crippen LogP contribution in [0.15, 0.2) is 121 Å². The molecule has 0 heterocycles. The Morgan fingerprint density at radius 1 is 0.400 bits per heavy atom. The van der Waals surface area contributed by atoms with E-state index in [9.17, 15) is 10.2 Å². The first kappa shape index (κ1) is 19.9. The molecule has 166 valence electrons. The molecule has 0 amide bonds. The SMILES string of the molecule is Oc1ccc(C2(c3ccc(O)cc3)c3ccc4ccccc4c3-c3c2ccc2ccccc32)cc1. The van der Waals surface area contributed by atoms with Crippen molar-refractivity contribution >= 4 is 21.5 Å². The van der Waals surface area contributed by atoms with Crippen molar-refractivity contribution in [1.82, 2.24) is 0 Å². The standard InChI is InChI=1S/C33H22O2/c34-25-15-11-23(12-16-25)33(24-13-17-26(35)18-14-24)29-19-9-21-5-1-3-7-27(21)31(29)32-28-8-4-2-6-22(28)10-20-30(32)33/h1-20,34-35H. The molecule has 0 aliphatic heterocycles. The summed E-state index contributed by atoms with van der Waals surface area (Å²) >= 11 is 0. The lowest BCUT2D eigenvalue weighted by Gasteiger charge is -2.34. The van der Waals surface area contributed by atoms with Gasteiger partial charge in [0.15, 0.2) is 0 Å². The van der Waals surface area contributed by atoms with Crippen molar-refractivity contribution in [2.24, 2.45) is 0 Å². The van der Waals surface area contributed by atoms with Gasteiger partial charge in [0.2, 0.25) is 0 Å². The molecule has 0 bridgehead atoms. The van der Waals surface area contributed by atoms with Gasteiger partial charge in [0.05, 0.1) is 5.41 Å². The summed E-state index contributed by atoms with van der Waals surface area (Å²) in [6.07, 6.45) is 0. The molecule has 6 aromatic rings. The lowest BCUT2D eigenvalue weighted by atomic mass is 9.67. The van der Waals surface area contributed by atoms with E-state index in [0.29, 0.717) is 0 Å². The molecule has 0 aromatic heterocycles. The van der Waals surface area contributed by atoms with E-state index >= 15 is 0 Å².